The fourth-order valence-electron chi connectivity index (χ4n) is 3.13. The molecule has 1 aliphatic rings. The summed E-state index contributed by atoms with van der Waals surface area (Å²) < 4.78 is 39.6. The first-order chi connectivity index (χ1) is 9.38. The number of nitrogens with one attached hydrogen (secondary N) is 1. The van der Waals surface area contributed by atoms with Gasteiger partial charge in [-0.25, -0.2) is 0 Å². The van der Waals surface area contributed by atoms with Gasteiger partial charge in [0.2, 0.25) is 0 Å². The Bertz CT molecular complexity index is 640. The minimum absolute atomic E-state index is 0.308. The zero-order valence-electron chi connectivity index (χ0n) is 11.5. The number of aromatic nitrogens is 1. The number of fused-ring (bicyclic) bond motifs is 3. The van der Waals surface area contributed by atoms with Gasteiger partial charge in [-0.1, -0.05) is 6.07 Å². The lowest BCUT2D eigenvalue weighted by atomic mass is 9.89. The van der Waals surface area contributed by atoms with Crippen molar-refractivity contribution in [2.75, 3.05) is 14.1 Å². The molecule has 3 rings (SSSR count). The van der Waals surface area contributed by atoms with Crippen molar-refractivity contribution >= 4 is 10.9 Å². The molecular weight excluding hydrogens is 265 g/mol. The van der Waals surface area contributed by atoms with Crippen LogP contribution in [0, 0.1) is 0 Å². The van der Waals surface area contributed by atoms with Gasteiger partial charge >= 0.3 is 6.18 Å². The standard InChI is InChI=1S/C15H17F3N2/c1-20(2)9-6-7-12-10(8-9)14-11(15(16,17)18)4-3-5-13(14)19-12/h3-5,9,19H,6-8H2,1-2H3/t9-/m1/s1. The summed E-state index contributed by atoms with van der Waals surface area (Å²) in [6.07, 6.45) is -1.84. The number of aryl methyl sites for hydroxylation is 1. The molecule has 0 fully saturated rings. The lowest BCUT2D eigenvalue weighted by Crippen LogP contribution is -2.33. The monoisotopic (exact) mass is 282 g/mol. The molecule has 0 spiro atoms. The molecule has 0 aliphatic heterocycles. The van der Waals surface area contributed by atoms with Crippen LogP contribution in [-0.2, 0) is 19.0 Å². The van der Waals surface area contributed by atoms with Crippen LogP contribution in [0.2, 0.25) is 0 Å². The van der Waals surface area contributed by atoms with Crippen LogP contribution in [0.3, 0.4) is 0 Å². The number of hydrogen-bond acceptors (Lipinski definition) is 1. The molecule has 2 nitrogen and oxygen atoms in total. The summed E-state index contributed by atoms with van der Waals surface area (Å²) in [6.45, 7) is 0. The summed E-state index contributed by atoms with van der Waals surface area (Å²) in [5.41, 5.74) is 1.89. The van der Waals surface area contributed by atoms with Crippen molar-refractivity contribution in [3.8, 4) is 0 Å². The van der Waals surface area contributed by atoms with E-state index >= 15 is 0 Å². The molecule has 0 radical (unpaired) electrons. The van der Waals surface area contributed by atoms with E-state index in [1.165, 1.54) is 12.1 Å². The maximum Gasteiger partial charge on any atom is 0.417 e. The van der Waals surface area contributed by atoms with Gasteiger partial charge in [0.1, 0.15) is 0 Å². The second-order valence-corrected chi connectivity index (χ2v) is 5.67. The molecule has 5 heteroatoms. The van der Waals surface area contributed by atoms with Gasteiger partial charge in [0, 0.05) is 22.6 Å². The van der Waals surface area contributed by atoms with Crippen LogP contribution in [-0.4, -0.2) is 30.0 Å². The predicted molar refractivity (Wildman–Crippen MR) is 72.8 cm³/mol. The summed E-state index contributed by atoms with van der Waals surface area (Å²) in [6, 6.07) is 4.68. The second kappa shape index (κ2) is 4.52. The summed E-state index contributed by atoms with van der Waals surface area (Å²) >= 11 is 0. The average Bonchev–Trinajstić information content (AvgIpc) is 2.74. The Balaban J connectivity index is 2.19. The molecule has 20 heavy (non-hydrogen) atoms. The van der Waals surface area contributed by atoms with E-state index in [2.05, 4.69) is 9.88 Å². The van der Waals surface area contributed by atoms with Crippen molar-refractivity contribution in [2.24, 2.45) is 0 Å². The Kier molecular flexibility index (Phi) is 3.05. The topological polar surface area (TPSA) is 19.0 Å². The van der Waals surface area contributed by atoms with Gasteiger partial charge in [-0.2, -0.15) is 13.2 Å². The van der Waals surface area contributed by atoms with E-state index in [-0.39, 0.29) is 0 Å². The number of rotatable bonds is 1. The first-order valence-electron chi connectivity index (χ1n) is 6.74. The molecule has 0 saturated heterocycles. The Morgan fingerprint density at radius 1 is 1.25 bits per heavy atom. The minimum Gasteiger partial charge on any atom is -0.358 e. The largest absolute Gasteiger partial charge is 0.417 e. The van der Waals surface area contributed by atoms with Crippen LogP contribution in [0.4, 0.5) is 13.2 Å². The predicted octanol–water partition coefficient (Wildman–Crippen LogP) is 3.61. The van der Waals surface area contributed by atoms with Crippen LogP contribution in [0.5, 0.6) is 0 Å². The summed E-state index contributed by atoms with van der Waals surface area (Å²) in [4.78, 5) is 5.26. The van der Waals surface area contributed by atoms with Crippen molar-refractivity contribution in [3.63, 3.8) is 0 Å². The number of H-pyrrole nitrogens is 1. The van der Waals surface area contributed by atoms with Gasteiger partial charge in [0.25, 0.3) is 0 Å². The van der Waals surface area contributed by atoms with Gasteiger partial charge in [0.15, 0.2) is 0 Å². The van der Waals surface area contributed by atoms with Crippen molar-refractivity contribution in [2.45, 2.75) is 31.5 Å². The number of halogens is 3. The number of benzene rings is 1. The highest BCUT2D eigenvalue weighted by atomic mass is 19.4. The van der Waals surface area contributed by atoms with Crippen molar-refractivity contribution in [1.29, 1.82) is 0 Å². The van der Waals surface area contributed by atoms with E-state index in [1.807, 2.05) is 14.1 Å². The van der Waals surface area contributed by atoms with E-state index < -0.39 is 11.7 Å². The summed E-state index contributed by atoms with van der Waals surface area (Å²) in [7, 11) is 3.96. The molecule has 1 N–H and O–H groups in total. The fourth-order valence-corrected chi connectivity index (χ4v) is 3.13. The zero-order chi connectivity index (χ0) is 14.5. The van der Waals surface area contributed by atoms with E-state index in [0.717, 1.165) is 24.1 Å². The number of alkyl halides is 3. The average molecular weight is 282 g/mol. The SMILES string of the molecule is CN(C)[C@@H]1CCc2[nH]c3cccc(C(F)(F)F)c3c2C1. The van der Waals surface area contributed by atoms with E-state index in [9.17, 15) is 13.2 Å². The summed E-state index contributed by atoms with van der Waals surface area (Å²) in [5.74, 6) is 0. The second-order valence-electron chi connectivity index (χ2n) is 5.67. The number of nitrogens with zero attached hydrogens (tertiary/aromatic N) is 1. The van der Waals surface area contributed by atoms with Crippen LogP contribution in [0.25, 0.3) is 10.9 Å². The Labute approximate surface area is 115 Å². The molecule has 108 valence electrons. The van der Waals surface area contributed by atoms with Crippen LogP contribution < -0.4 is 0 Å². The lowest BCUT2D eigenvalue weighted by Gasteiger charge is -2.28. The van der Waals surface area contributed by atoms with Crippen molar-refractivity contribution < 1.29 is 13.2 Å². The first kappa shape index (κ1) is 13.5. The molecule has 1 aromatic carbocycles. The molecule has 0 unspecified atom stereocenters. The van der Waals surface area contributed by atoms with Gasteiger partial charge in [-0.05, 0) is 51.1 Å². The number of hydrogen-bond donors (Lipinski definition) is 1. The van der Waals surface area contributed by atoms with E-state index in [1.54, 1.807) is 6.07 Å². The molecule has 0 saturated carbocycles. The van der Waals surface area contributed by atoms with Gasteiger partial charge in [0.05, 0.1) is 5.56 Å². The highest BCUT2D eigenvalue weighted by molar-refractivity contribution is 5.88. The van der Waals surface area contributed by atoms with E-state index in [4.69, 9.17) is 0 Å². The Morgan fingerprint density at radius 3 is 2.65 bits per heavy atom. The van der Waals surface area contributed by atoms with Crippen LogP contribution in [0.15, 0.2) is 18.2 Å². The fraction of sp³-hybridized carbons (Fsp3) is 0.467. The molecule has 2 aromatic rings. The van der Waals surface area contributed by atoms with Crippen molar-refractivity contribution in [3.05, 3.63) is 35.0 Å². The molecule has 1 heterocycles. The molecule has 1 atom stereocenters. The molecular formula is C15H17F3N2. The van der Waals surface area contributed by atoms with Gasteiger partial charge < -0.3 is 9.88 Å². The highest BCUT2D eigenvalue weighted by Gasteiger charge is 2.35. The molecule has 1 aliphatic carbocycles. The molecule has 1 aromatic heterocycles. The summed E-state index contributed by atoms with van der Waals surface area (Å²) in [5, 5.41) is 0.363. The zero-order valence-corrected chi connectivity index (χ0v) is 11.5. The van der Waals surface area contributed by atoms with Crippen molar-refractivity contribution in [1.82, 2.24) is 9.88 Å². The maximum absolute atomic E-state index is 13.2. The van der Waals surface area contributed by atoms with Gasteiger partial charge in [-0.3, -0.25) is 0 Å². The minimum atomic E-state index is -4.31. The highest BCUT2D eigenvalue weighted by Crippen LogP contribution is 2.39. The number of likely N-dealkylation sites (N-methyl/N-ethyl adjacent to an activating group) is 1. The quantitative estimate of drug-likeness (QED) is 0.846. The third kappa shape index (κ3) is 2.10. The smallest absolute Gasteiger partial charge is 0.358 e. The maximum atomic E-state index is 13.2. The van der Waals surface area contributed by atoms with Crippen LogP contribution in [0.1, 0.15) is 23.2 Å². The third-order valence-corrected chi connectivity index (χ3v) is 4.22. The Hall–Kier alpha value is -1.49. The Morgan fingerprint density at radius 2 is 2.00 bits per heavy atom. The first-order valence-corrected chi connectivity index (χ1v) is 6.74. The van der Waals surface area contributed by atoms with E-state index in [0.29, 0.717) is 23.4 Å². The van der Waals surface area contributed by atoms with Gasteiger partial charge in [-0.15, -0.1) is 0 Å². The normalized spacial score (nSPS) is 19.6. The number of aromatic amines is 1. The molecule has 0 bridgehead atoms. The molecule has 0 amide bonds. The van der Waals surface area contributed by atoms with Crippen LogP contribution >= 0.6 is 0 Å². The lowest BCUT2D eigenvalue weighted by molar-refractivity contribution is -0.136. The third-order valence-electron chi connectivity index (χ3n) is 4.22.